The van der Waals surface area contributed by atoms with Crippen LogP contribution in [-0.4, -0.2) is 56.6 Å². The molecule has 0 spiro atoms. The van der Waals surface area contributed by atoms with Crippen molar-refractivity contribution in [3.8, 4) is 0 Å². The lowest BCUT2D eigenvalue weighted by Crippen LogP contribution is -2.46. The number of nitrogens with one attached hydrogen (secondary N) is 2. The third-order valence-corrected chi connectivity index (χ3v) is 4.99. The third-order valence-electron chi connectivity index (χ3n) is 4.99. The van der Waals surface area contributed by atoms with Gasteiger partial charge >= 0.3 is 0 Å². The van der Waals surface area contributed by atoms with Crippen LogP contribution in [0.3, 0.4) is 0 Å². The van der Waals surface area contributed by atoms with Gasteiger partial charge in [-0.25, -0.2) is 0 Å². The number of amides is 1. The van der Waals surface area contributed by atoms with Crippen molar-refractivity contribution in [3.63, 3.8) is 0 Å². The molecule has 3 rings (SSSR count). The number of carbonyl (C=O) groups excluding carboxylic acids is 1. The number of hydrogen-bond acceptors (Lipinski definition) is 4. The first-order chi connectivity index (χ1) is 11.3. The van der Waals surface area contributed by atoms with E-state index in [2.05, 4.69) is 39.5 Å². The van der Waals surface area contributed by atoms with Crippen molar-refractivity contribution in [3.05, 3.63) is 24.3 Å². The number of para-hydroxylation sites is 2. The van der Waals surface area contributed by atoms with Crippen LogP contribution in [0, 0.1) is 5.92 Å². The van der Waals surface area contributed by atoms with Gasteiger partial charge < -0.3 is 20.4 Å². The first kappa shape index (κ1) is 25.3. The number of piperazine rings is 1. The summed E-state index contributed by atoms with van der Waals surface area (Å²) >= 11 is 0. The van der Waals surface area contributed by atoms with Crippen molar-refractivity contribution in [1.82, 2.24) is 10.2 Å². The first-order valence-electron chi connectivity index (χ1n) is 8.86. The van der Waals surface area contributed by atoms with Gasteiger partial charge in [0.25, 0.3) is 0 Å². The highest BCUT2D eigenvalue weighted by molar-refractivity contribution is 5.96. The molecule has 2 aliphatic rings. The van der Waals surface area contributed by atoms with E-state index >= 15 is 0 Å². The van der Waals surface area contributed by atoms with E-state index in [1.54, 1.807) is 0 Å². The SMILES string of the molecule is CCN1CCN(c2ccccc2NC(=O)C2CCCNC2)CC1.Cl.Cl.Cl. The molecule has 26 heavy (non-hydrogen) atoms. The molecule has 1 amide bonds. The van der Waals surface area contributed by atoms with Gasteiger partial charge in [0, 0.05) is 32.7 Å². The average molecular weight is 426 g/mol. The minimum atomic E-state index is 0. The number of likely N-dealkylation sites (N-methyl/N-ethyl adjacent to an activating group) is 1. The van der Waals surface area contributed by atoms with Crippen molar-refractivity contribution >= 4 is 54.5 Å². The fourth-order valence-electron chi connectivity index (χ4n) is 3.47. The van der Waals surface area contributed by atoms with Crippen LogP contribution < -0.4 is 15.5 Å². The van der Waals surface area contributed by atoms with Crippen LogP contribution in [0.15, 0.2) is 24.3 Å². The fourth-order valence-corrected chi connectivity index (χ4v) is 3.47. The number of anilines is 2. The first-order valence-corrected chi connectivity index (χ1v) is 8.86. The van der Waals surface area contributed by atoms with Crippen LogP contribution in [0.25, 0.3) is 0 Å². The van der Waals surface area contributed by atoms with Crippen LogP contribution in [0.2, 0.25) is 0 Å². The zero-order valence-electron chi connectivity index (χ0n) is 15.3. The summed E-state index contributed by atoms with van der Waals surface area (Å²) in [4.78, 5) is 17.4. The molecule has 2 aliphatic heterocycles. The van der Waals surface area contributed by atoms with Crippen molar-refractivity contribution in [2.24, 2.45) is 5.92 Å². The highest BCUT2D eigenvalue weighted by Gasteiger charge is 2.23. The molecule has 1 aromatic rings. The summed E-state index contributed by atoms with van der Waals surface area (Å²) in [5.41, 5.74) is 2.10. The lowest BCUT2D eigenvalue weighted by atomic mass is 9.98. The predicted octanol–water partition coefficient (Wildman–Crippen LogP) is 3.03. The monoisotopic (exact) mass is 424 g/mol. The van der Waals surface area contributed by atoms with Gasteiger partial charge in [0.2, 0.25) is 5.91 Å². The Hall–Kier alpha value is -0.720. The van der Waals surface area contributed by atoms with E-state index in [1.807, 2.05) is 12.1 Å². The molecular weight excluding hydrogens is 395 g/mol. The zero-order chi connectivity index (χ0) is 16.1. The van der Waals surface area contributed by atoms with Gasteiger partial charge in [-0.05, 0) is 38.1 Å². The standard InChI is InChI=1S/C18H28N4O.3ClH/c1-2-21-10-12-22(13-11-21)17-8-4-3-7-16(17)20-18(23)15-6-5-9-19-14-15;;;/h3-4,7-8,15,19H,2,5-6,9-14H2,1H3,(H,20,23);3*1H. The van der Waals surface area contributed by atoms with Crippen LogP contribution in [0.1, 0.15) is 19.8 Å². The fraction of sp³-hybridized carbons (Fsp3) is 0.611. The Morgan fingerprint density at radius 2 is 1.85 bits per heavy atom. The third kappa shape index (κ3) is 6.46. The minimum absolute atomic E-state index is 0. The Labute approximate surface area is 175 Å². The van der Waals surface area contributed by atoms with Crippen molar-refractivity contribution in [2.45, 2.75) is 19.8 Å². The topological polar surface area (TPSA) is 47.6 Å². The second-order valence-corrected chi connectivity index (χ2v) is 6.47. The van der Waals surface area contributed by atoms with Gasteiger partial charge in [0.15, 0.2) is 0 Å². The number of rotatable bonds is 4. The summed E-state index contributed by atoms with van der Waals surface area (Å²) in [6.07, 6.45) is 2.06. The molecule has 1 atom stereocenters. The van der Waals surface area contributed by atoms with Gasteiger partial charge in [-0.2, -0.15) is 0 Å². The van der Waals surface area contributed by atoms with E-state index in [-0.39, 0.29) is 49.0 Å². The van der Waals surface area contributed by atoms with Gasteiger partial charge in [0.05, 0.1) is 17.3 Å². The lowest BCUT2D eigenvalue weighted by Gasteiger charge is -2.36. The molecule has 0 aliphatic carbocycles. The number of benzene rings is 1. The van der Waals surface area contributed by atoms with Gasteiger partial charge in [0.1, 0.15) is 0 Å². The zero-order valence-corrected chi connectivity index (χ0v) is 17.7. The highest BCUT2D eigenvalue weighted by Crippen LogP contribution is 2.27. The molecule has 2 fully saturated rings. The Balaban J connectivity index is 0.00000208. The Bertz CT molecular complexity index is 533. The van der Waals surface area contributed by atoms with Crippen LogP contribution in [0.4, 0.5) is 11.4 Å². The number of hydrogen-bond donors (Lipinski definition) is 2. The Kier molecular flexibility index (Phi) is 12.3. The average Bonchev–Trinajstić information content (AvgIpc) is 2.63. The van der Waals surface area contributed by atoms with Crippen LogP contribution in [0.5, 0.6) is 0 Å². The van der Waals surface area contributed by atoms with E-state index in [9.17, 15) is 4.79 Å². The molecule has 0 radical (unpaired) electrons. The maximum atomic E-state index is 12.5. The molecular formula is C18H31Cl3N4O. The maximum Gasteiger partial charge on any atom is 0.228 e. The van der Waals surface area contributed by atoms with E-state index in [1.165, 1.54) is 0 Å². The number of halogens is 3. The van der Waals surface area contributed by atoms with E-state index < -0.39 is 0 Å². The molecule has 8 heteroatoms. The molecule has 1 aromatic carbocycles. The number of carbonyl (C=O) groups is 1. The smallest absolute Gasteiger partial charge is 0.228 e. The lowest BCUT2D eigenvalue weighted by molar-refractivity contribution is -0.120. The minimum Gasteiger partial charge on any atom is -0.367 e. The van der Waals surface area contributed by atoms with Crippen LogP contribution in [-0.2, 0) is 4.79 Å². The Morgan fingerprint density at radius 1 is 1.15 bits per heavy atom. The highest BCUT2D eigenvalue weighted by atomic mass is 35.5. The van der Waals surface area contributed by atoms with Crippen molar-refractivity contribution in [1.29, 1.82) is 0 Å². The van der Waals surface area contributed by atoms with Crippen molar-refractivity contribution in [2.75, 3.05) is 56.0 Å². The van der Waals surface area contributed by atoms with E-state index in [0.29, 0.717) is 0 Å². The molecule has 0 aromatic heterocycles. The quantitative estimate of drug-likeness (QED) is 0.778. The Morgan fingerprint density at radius 3 is 2.46 bits per heavy atom. The summed E-state index contributed by atoms with van der Waals surface area (Å²) in [6.45, 7) is 9.36. The van der Waals surface area contributed by atoms with Gasteiger partial charge in [-0.15, -0.1) is 37.2 Å². The number of nitrogens with zero attached hydrogens (tertiary/aromatic N) is 2. The van der Waals surface area contributed by atoms with Crippen LogP contribution >= 0.6 is 37.2 Å². The number of piperidine rings is 1. The summed E-state index contributed by atoms with van der Waals surface area (Å²) in [5, 5.41) is 6.48. The molecule has 150 valence electrons. The van der Waals surface area contributed by atoms with E-state index in [0.717, 1.165) is 70.0 Å². The second kappa shape index (κ2) is 12.6. The molecule has 1 unspecified atom stereocenters. The molecule has 0 bridgehead atoms. The predicted molar refractivity (Wildman–Crippen MR) is 117 cm³/mol. The van der Waals surface area contributed by atoms with Gasteiger partial charge in [-0.3, -0.25) is 4.79 Å². The summed E-state index contributed by atoms with van der Waals surface area (Å²) in [6, 6.07) is 8.20. The normalized spacial score (nSPS) is 20.2. The molecule has 2 saturated heterocycles. The summed E-state index contributed by atoms with van der Waals surface area (Å²) in [5.74, 6) is 0.241. The molecule has 2 N–H and O–H groups in total. The molecule has 5 nitrogen and oxygen atoms in total. The maximum absolute atomic E-state index is 12.5. The van der Waals surface area contributed by atoms with Crippen molar-refractivity contribution < 1.29 is 4.79 Å². The molecule has 2 heterocycles. The van der Waals surface area contributed by atoms with E-state index in [4.69, 9.17) is 0 Å². The summed E-state index contributed by atoms with van der Waals surface area (Å²) < 4.78 is 0. The largest absolute Gasteiger partial charge is 0.367 e. The van der Waals surface area contributed by atoms with Gasteiger partial charge in [-0.1, -0.05) is 19.1 Å². The summed E-state index contributed by atoms with van der Waals surface area (Å²) in [7, 11) is 0. The second-order valence-electron chi connectivity index (χ2n) is 6.47. The molecule has 0 saturated carbocycles.